The second kappa shape index (κ2) is 11.8. The molecule has 2 saturated heterocycles. The molecule has 2 N–H and O–H groups in total. The van der Waals surface area contributed by atoms with Gasteiger partial charge in [0.15, 0.2) is 5.92 Å². The number of carbonyl (C=O) groups excluding carboxylic acids is 2. The smallest absolute Gasteiger partial charge is 0.383 e. The van der Waals surface area contributed by atoms with Gasteiger partial charge in [-0.3, -0.25) is 9.59 Å². The van der Waals surface area contributed by atoms with E-state index in [-0.39, 0.29) is 19.0 Å². The normalized spacial score (nSPS) is 22.0. The molecule has 2 amide bonds. The Bertz CT molecular complexity index is 901. The van der Waals surface area contributed by atoms with E-state index in [9.17, 15) is 28.0 Å². The summed E-state index contributed by atoms with van der Waals surface area (Å²) in [6.07, 6.45) is -1.13. The van der Waals surface area contributed by atoms with E-state index in [1.54, 1.807) is 18.3 Å². The second-order valence-corrected chi connectivity index (χ2v) is 9.78. The molecule has 0 aliphatic carbocycles. The number of nitrogens with zero attached hydrogens (tertiary/aromatic N) is 3. The van der Waals surface area contributed by atoms with Crippen LogP contribution in [0.3, 0.4) is 0 Å². The fraction of sp³-hybridized carbons (Fsp3) is 0.609. The second-order valence-electron chi connectivity index (χ2n) is 8.46. The summed E-state index contributed by atoms with van der Waals surface area (Å²) < 4.78 is 37.4. The maximum absolute atomic E-state index is 12.9. The van der Waals surface area contributed by atoms with Crippen LogP contribution in [0.15, 0.2) is 24.3 Å². The molecule has 2 fully saturated rings. The number of hydrogen-bond acceptors (Lipinski definition) is 6. The maximum atomic E-state index is 12.9. The number of amides is 2. The highest BCUT2D eigenvalue weighted by molar-refractivity contribution is 8.01. The van der Waals surface area contributed by atoms with Crippen molar-refractivity contribution in [3.8, 4) is 6.07 Å². The van der Waals surface area contributed by atoms with Gasteiger partial charge in [0.1, 0.15) is 17.2 Å². The van der Waals surface area contributed by atoms with Gasteiger partial charge in [0.2, 0.25) is 11.8 Å². The molecule has 1 aromatic rings. The first-order valence-electron chi connectivity index (χ1n) is 11.5. The van der Waals surface area contributed by atoms with Crippen LogP contribution in [0.25, 0.3) is 0 Å². The van der Waals surface area contributed by atoms with Gasteiger partial charge in [-0.25, -0.2) is 0 Å². The van der Waals surface area contributed by atoms with Crippen molar-refractivity contribution in [2.24, 2.45) is 5.92 Å². The molecule has 11 heteroatoms. The van der Waals surface area contributed by atoms with Crippen LogP contribution in [0.5, 0.6) is 0 Å². The Kier molecular flexibility index (Phi) is 9.08. The number of likely N-dealkylation sites (tertiary alicyclic amines) is 1. The van der Waals surface area contributed by atoms with E-state index in [4.69, 9.17) is 0 Å². The summed E-state index contributed by atoms with van der Waals surface area (Å²) in [5.74, 6) is -2.66. The van der Waals surface area contributed by atoms with E-state index in [1.165, 1.54) is 23.3 Å². The highest BCUT2D eigenvalue weighted by Gasteiger charge is 2.46. The lowest BCUT2D eigenvalue weighted by Gasteiger charge is -2.25. The zero-order valence-electron chi connectivity index (χ0n) is 19.1. The fourth-order valence-electron chi connectivity index (χ4n) is 4.23. The van der Waals surface area contributed by atoms with Crippen molar-refractivity contribution < 1.29 is 22.8 Å². The number of benzene rings is 1. The first kappa shape index (κ1) is 26.2. The molecule has 3 rings (SSSR count). The zero-order chi connectivity index (χ0) is 24.7. The molecule has 0 bridgehead atoms. The summed E-state index contributed by atoms with van der Waals surface area (Å²) in [7, 11) is 0. The zero-order valence-corrected chi connectivity index (χ0v) is 19.9. The molecule has 2 aliphatic heterocycles. The summed E-state index contributed by atoms with van der Waals surface area (Å²) >= 11 is 1.14. The van der Waals surface area contributed by atoms with Crippen LogP contribution < -0.4 is 10.6 Å². The van der Waals surface area contributed by atoms with Crippen LogP contribution in [0.1, 0.15) is 25.3 Å². The van der Waals surface area contributed by atoms with Crippen LogP contribution in [-0.4, -0.2) is 77.7 Å². The minimum atomic E-state index is -4.58. The lowest BCUT2D eigenvalue weighted by Crippen LogP contribution is -2.45. The molecule has 186 valence electrons. The lowest BCUT2D eigenvalue weighted by molar-refractivity contribution is -0.141. The van der Waals surface area contributed by atoms with Gasteiger partial charge < -0.3 is 20.4 Å². The quantitative estimate of drug-likeness (QED) is 0.517. The van der Waals surface area contributed by atoms with Crippen LogP contribution in [0.4, 0.5) is 18.9 Å². The van der Waals surface area contributed by atoms with Crippen molar-refractivity contribution in [3.05, 3.63) is 29.8 Å². The van der Waals surface area contributed by atoms with Gasteiger partial charge in [-0.1, -0.05) is 12.1 Å². The van der Waals surface area contributed by atoms with E-state index in [2.05, 4.69) is 22.3 Å². The van der Waals surface area contributed by atoms with Crippen molar-refractivity contribution in [1.29, 1.82) is 5.26 Å². The summed E-state index contributed by atoms with van der Waals surface area (Å²) in [5.41, 5.74) is 2.07. The predicted molar refractivity (Wildman–Crippen MR) is 125 cm³/mol. The third-order valence-electron chi connectivity index (χ3n) is 6.01. The van der Waals surface area contributed by atoms with Crippen molar-refractivity contribution in [3.63, 3.8) is 0 Å². The number of rotatable bonds is 10. The number of thioether (sulfide) groups is 1. The molecule has 2 aliphatic rings. The van der Waals surface area contributed by atoms with Gasteiger partial charge in [-0.05, 0) is 57.0 Å². The fourth-order valence-corrected chi connectivity index (χ4v) is 5.74. The molecule has 34 heavy (non-hydrogen) atoms. The monoisotopic (exact) mass is 497 g/mol. The van der Waals surface area contributed by atoms with E-state index >= 15 is 0 Å². The molecule has 1 aromatic carbocycles. The average Bonchev–Trinajstić information content (AvgIpc) is 3.43. The van der Waals surface area contributed by atoms with Crippen molar-refractivity contribution in [1.82, 2.24) is 15.1 Å². The highest BCUT2D eigenvalue weighted by atomic mass is 32.2. The molecule has 0 saturated carbocycles. The Labute approximate surface area is 202 Å². The molecule has 7 nitrogen and oxygen atoms in total. The topological polar surface area (TPSA) is 88.5 Å². The summed E-state index contributed by atoms with van der Waals surface area (Å²) in [6, 6.07) is 9.79. The Balaban J connectivity index is 1.58. The first-order valence-corrected chi connectivity index (χ1v) is 12.4. The number of carbonyl (C=O) groups is 2. The number of anilines is 1. The van der Waals surface area contributed by atoms with Gasteiger partial charge in [0.25, 0.3) is 0 Å². The minimum Gasteiger partial charge on any atom is -0.383 e. The van der Waals surface area contributed by atoms with E-state index in [0.717, 1.165) is 43.5 Å². The number of halogens is 3. The number of nitrogens with one attached hydrogen (secondary N) is 2. The number of alkyl halides is 3. The molecular weight excluding hydrogens is 467 g/mol. The minimum absolute atomic E-state index is 0.237. The average molecular weight is 498 g/mol. The summed E-state index contributed by atoms with van der Waals surface area (Å²) in [6.45, 7) is 4.04. The standard InChI is InChI=1S/C23H30F3N5O2S/c1-2-31-21(33)19(34-22(31)18(13-27)20(32)29-15-23(24,25)26)14-28-17-7-5-6-16(12-17)8-11-30-9-3-4-10-30/h5-7,12,18-19,22,28H,2-4,8-11,14-15H2,1H3,(H,29,32)/t18-,19-,22-/m0/s1. The Morgan fingerprint density at radius 2 is 2.06 bits per heavy atom. The van der Waals surface area contributed by atoms with Gasteiger partial charge in [-0.2, -0.15) is 18.4 Å². The molecule has 3 atom stereocenters. The van der Waals surface area contributed by atoms with E-state index < -0.39 is 35.2 Å². The third kappa shape index (κ3) is 7.03. The molecule has 2 heterocycles. The number of nitriles is 1. The molecule has 0 radical (unpaired) electrons. The molecular formula is C23H30F3N5O2S. The van der Waals surface area contributed by atoms with Crippen molar-refractivity contribution >= 4 is 29.3 Å². The van der Waals surface area contributed by atoms with Crippen LogP contribution >= 0.6 is 11.8 Å². The van der Waals surface area contributed by atoms with Crippen molar-refractivity contribution in [2.75, 3.05) is 44.6 Å². The van der Waals surface area contributed by atoms with Gasteiger partial charge in [0, 0.05) is 25.3 Å². The van der Waals surface area contributed by atoms with Gasteiger partial charge in [-0.15, -0.1) is 11.8 Å². The molecule has 0 spiro atoms. The Hall–Kier alpha value is -2.45. The first-order chi connectivity index (χ1) is 16.2. The van der Waals surface area contributed by atoms with Gasteiger partial charge >= 0.3 is 6.18 Å². The summed E-state index contributed by atoms with van der Waals surface area (Å²) in [5, 5.41) is 13.1. The van der Waals surface area contributed by atoms with Crippen molar-refractivity contribution in [2.45, 2.75) is 43.0 Å². The third-order valence-corrected chi connectivity index (χ3v) is 7.52. The Morgan fingerprint density at radius 3 is 2.71 bits per heavy atom. The van der Waals surface area contributed by atoms with Crippen LogP contribution in [0.2, 0.25) is 0 Å². The lowest BCUT2D eigenvalue weighted by atomic mass is 10.1. The number of hydrogen-bond donors (Lipinski definition) is 2. The largest absolute Gasteiger partial charge is 0.405 e. The Morgan fingerprint density at radius 1 is 1.32 bits per heavy atom. The van der Waals surface area contributed by atoms with Gasteiger partial charge in [0.05, 0.1) is 6.07 Å². The van der Waals surface area contributed by atoms with E-state index in [1.807, 2.05) is 12.1 Å². The molecule has 0 aromatic heterocycles. The van der Waals surface area contributed by atoms with Crippen LogP contribution in [0, 0.1) is 17.2 Å². The van der Waals surface area contributed by atoms with Crippen LogP contribution in [-0.2, 0) is 16.0 Å². The SMILES string of the molecule is CCN1C(=O)[C@H](CNc2cccc(CCN3CCCC3)c2)S[C@H]1[C@@H](C#N)C(=O)NCC(F)(F)F. The highest BCUT2D eigenvalue weighted by Crippen LogP contribution is 2.36. The maximum Gasteiger partial charge on any atom is 0.405 e. The van der Waals surface area contributed by atoms with E-state index in [0.29, 0.717) is 0 Å². The molecule has 0 unspecified atom stereocenters. The summed E-state index contributed by atoms with van der Waals surface area (Å²) in [4.78, 5) is 29.0. The predicted octanol–water partition coefficient (Wildman–Crippen LogP) is 2.85.